The van der Waals surface area contributed by atoms with Crippen molar-refractivity contribution >= 4 is 20.9 Å². The van der Waals surface area contributed by atoms with E-state index in [1.807, 2.05) is 0 Å². The molecule has 0 unspecified atom stereocenters. The first-order chi connectivity index (χ1) is 12.4. The lowest BCUT2D eigenvalue weighted by molar-refractivity contribution is 0.392. The minimum Gasteiger partial charge on any atom is -0.497 e. The lowest BCUT2D eigenvalue weighted by Gasteiger charge is -2.12. The fourth-order valence-corrected chi connectivity index (χ4v) is 3.97. The van der Waals surface area contributed by atoms with Crippen molar-refractivity contribution in [1.29, 1.82) is 0 Å². The predicted octanol–water partition coefficient (Wildman–Crippen LogP) is 2.85. The highest BCUT2D eigenvalue weighted by molar-refractivity contribution is 7.89. The minimum atomic E-state index is -3.77. The Hall–Kier alpha value is -2.58. The van der Waals surface area contributed by atoms with Gasteiger partial charge >= 0.3 is 0 Å². The molecule has 0 saturated heterocycles. The molecule has 1 heterocycles. The van der Waals surface area contributed by atoms with Crippen molar-refractivity contribution in [3.05, 3.63) is 54.0 Å². The van der Waals surface area contributed by atoms with Crippen molar-refractivity contribution in [3.63, 3.8) is 0 Å². The molecule has 0 atom stereocenters. The van der Waals surface area contributed by atoms with Gasteiger partial charge in [-0.05, 0) is 42.3 Å². The van der Waals surface area contributed by atoms with E-state index in [1.54, 1.807) is 24.4 Å². The quantitative estimate of drug-likeness (QED) is 0.663. The number of aromatic amines is 1. The Morgan fingerprint density at radius 2 is 1.92 bits per heavy atom. The van der Waals surface area contributed by atoms with Gasteiger partial charge in [0.25, 0.3) is 0 Å². The molecule has 0 bridgehead atoms. The molecule has 0 aliphatic heterocycles. The second kappa shape index (κ2) is 7.35. The molecule has 6 nitrogen and oxygen atoms in total. The van der Waals surface area contributed by atoms with Crippen molar-refractivity contribution in [2.75, 3.05) is 20.8 Å². The van der Waals surface area contributed by atoms with Gasteiger partial charge in [-0.1, -0.05) is 0 Å². The molecule has 3 rings (SSSR count). The summed E-state index contributed by atoms with van der Waals surface area (Å²) < 4.78 is 51.3. The predicted molar refractivity (Wildman–Crippen MR) is 96.7 cm³/mol. The zero-order valence-electron chi connectivity index (χ0n) is 14.4. The van der Waals surface area contributed by atoms with Crippen LogP contribution in [0, 0.1) is 5.82 Å². The molecule has 0 amide bonds. The van der Waals surface area contributed by atoms with Crippen LogP contribution in [-0.4, -0.2) is 34.2 Å². The maximum Gasteiger partial charge on any atom is 0.244 e. The van der Waals surface area contributed by atoms with Crippen LogP contribution >= 0.6 is 0 Å². The van der Waals surface area contributed by atoms with Crippen LogP contribution in [0.25, 0.3) is 10.9 Å². The van der Waals surface area contributed by atoms with Crippen LogP contribution in [-0.2, 0) is 16.4 Å². The third kappa shape index (κ3) is 3.66. The summed E-state index contributed by atoms with van der Waals surface area (Å²) in [5.74, 6) is 0.336. The highest BCUT2D eigenvalue weighted by Crippen LogP contribution is 2.28. The van der Waals surface area contributed by atoms with Gasteiger partial charge in [0.2, 0.25) is 10.0 Å². The number of methoxy groups -OCH3 is 2. The molecule has 2 aromatic carbocycles. The molecule has 8 heteroatoms. The molecule has 3 aromatic rings. The number of aromatic nitrogens is 1. The average molecular weight is 378 g/mol. The zero-order chi connectivity index (χ0) is 18.7. The molecule has 1 aromatic heterocycles. The normalized spacial score (nSPS) is 11.7. The Morgan fingerprint density at radius 3 is 2.65 bits per heavy atom. The van der Waals surface area contributed by atoms with Crippen LogP contribution in [0.3, 0.4) is 0 Å². The number of hydrogen-bond acceptors (Lipinski definition) is 4. The first-order valence-corrected chi connectivity index (χ1v) is 9.40. The van der Waals surface area contributed by atoms with E-state index in [2.05, 4.69) is 9.71 Å². The van der Waals surface area contributed by atoms with Gasteiger partial charge in [-0.25, -0.2) is 17.5 Å². The first kappa shape index (κ1) is 18.2. The Bertz CT molecular complexity index is 1030. The molecule has 0 fully saturated rings. The number of fused-ring (bicyclic) bond motifs is 1. The van der Waals surface area contributed by atoms with Gasteiger partial charge in [0.15, 0.2) is 0 Å². The van der Waals surface area contributed by atoms with E-state index in [-0.39, 0.29) is 23.0 Å². The summed E-state index contributed by atoms with van der Waals surface area (Å²) in [5.41, 5.74) is 1.58. The van der Waals surface area contributed by atoms with Crippen LogP contribution in [0.15, 0.2) is 47.5 Å². The highest BCUT2D eigenvalue weighted by Gasteiger charge is 2.20. The second-order valence-corrected chi connectivity index (χ2v) is 7.40. The molecular weight excluding hydrogens is 359 g/mol. The highest BCUT2D eigenvalue weighted by atomic mass is 32.2. The zero-order valence-corrected chi connectivity index (χ0v) is 15.2. The summed E-state index contributed by atoms with van der Waals surface area (Å²) in [4.78, 5) is 3.00. The molecular formula is C18H19FN2O4S. The summed E-state index contributed by atoms with van der Waals surface area (Å²) in [6.45, 7) is 0.188. The van der Waals surface area contributed by atoms with Gasteiger partial charge < -0.3 is 14.5 Å². The van der Waals surface area contributed by atoms with Gasteiger partial charge in [-0.2, -0.15) is 0 Å². The van der Waals surface area contributed by atoms with Gasteiger partial charge in [0.05, 0.1) is 14.2 Å². The number of H-pyrrole nitrogens is 1. The molecule has 0 saturated carbocycles. The van der Waals surface area contributed by atoms with Crippen molar-refractivity contribution in [1.82, 2.24) is 9.71 Å². The molecule has 26 heavy (non-hydrogen) atoms. The molecule has 0 aliphatic rings. The number of hydrogen-bond donors (Lipinski definition) is 2. The van der Waals surface area contributed by atoms with Crippen LogP contribution in [0.1, 0.15) is 5.56 Å². The van der Waals surface area contributed by atoms with E-state index < -0.39 is 10.0 Å². The molecule has 0 radical (unpaired) electrons. The maximum atomic E-state index is 13.2. The van der Waals surface area contributed by atoms with Crippen LogP contribution in [0.4, 0.5) is 4.39 Å². The summed E-state index contributed by atoms with van der Waals surface area (Å²) >= 11 is 0. The number of nitrogens with one attached hydrogen (secondary N) is 2. The number of rotatable bonds is 7. The van der Waals surface area contributed by atoms with Gasteiger partial charge in [0.1, 0.15) is 22.2 Å². The Kier molecular flexibility index (Phi) is 5.15. The molecule has 0 spiro atoms. The summed E-state index contributed by atoms with van der Waals surface area (Å²) in [7, 11) is -0.902. The lowest BCUT2D eigenvalue weighted by atomic mass is 10.1. The van der Waals surface area contributed by atoms with E-state index in [0.717, 1.165) is 10.9 Å². The summed E-state index contributed by atoms with van der Waals surface area (Å²) in [6, 6.07) is 9.05. The average Bonchev–Trinajstić information content (AvgIpc) is 3.03. The Balaban J connectivity index is 1.76. The van der Waals surface area contributed by atoms with Crippen LogP contribution in [0.5, 0.6) is 11.5 Å². The van der Waals surface area contributed by atoms with Gasteiger partial charge in [-0.3, -0.25) is 0 Å². The smallest absolute Gasteiger partial charge is 0.244 e. The van der Waals surface area contributed by atoms with E-state index >= 15 is 0 Å². The number of ether oxygens (including phenoxy) is 2. The third-order valence-corrected chi connectivity index (χ3v) is 5.56. The van der Waals surface area contributed by atoms with E-state index in [9.17, 15) is 12.8 Å². The summed E-state index contributed by atoms with van der Waals surface area (Å²) in [5, 5.41) is 0.865. The maximum absolute atomic E-state index is 13.2. The Labute approximate surface area is 151 Å². The molecule has 2 N–H and O–H groups in total. The van der Waals surface area contributed by atoms with E-state index in [4.69, 9.17) is 9.47 Å². The van der Waals surface area contributed by atoms with Gasteiger partial charge in [-0.15, -0.1) is 0 Å². The monoisotopic (exact) mass is 378 g/mol. The third-order valence-electron chi connectivity index (χ3n) is 4.08. The Morgan fingerprint density at radius 1 is 1.12 bits per heavy atom. The molecule has 138 valence electrons. The van der Waals surface area contributed by atoms with Crippen molar-refractivity contribution in [2.45, 2.75) is 11.3 Å². The summed E-state index contributed by atoms with van der Waals surface area (Å²) in [6.07, 6.45) is 2.21. The van der Waals surface area contributed by atoms with Gasteiger partial charge in [0, 0.05) is 29.7 Å². The first-order valence-electron chi connectivity index (χ1n) is 7.92. The van der Waals surface area contributed by atoms with E-state index in [0.29, 0.717) is 17.7 Å². The number of sulfonamides is 1. The van der Waals surface area contributed by atoms with Crippen molar-refractivity contribution in [2.24, 2.45) is 0 Å². The standard InChI is InChI=1S/C18H19FN2O4S/c1-24-14-4-6-17(25-2)18(10-14)26(22,23)21-8-7-12-11-20-16-9-13(19)3-5-15(12)16/h3-6,9-11,20-21H,7-8H2,1-2H3. The largest absolute Gasteiger partial charge is 0.497 e. The fourth-order valence-electron chi connectivity index (χ4n) is 2.76. The fraction of sp³-hybridized carbons (Fsp3) is 0.222. The molecule has 0 aliphatic carbocycles. The van der Waals surface area contributed by atoms with Crippen LogP contribution < -0.4 is 14.2 Å². The topological polar surface area (TPSA) is 80.4 Å². The van der Waals surface area contributed by atoms with Crippen LogP contribution in [0.2, 0.25) is 0 Å². The van der Waals surface area contributed by atoms with Crippen molar-refractivity contribution in [3.8, 4) is 11.5 Å². The number of halogens is 1. The minimum absolute atomic E-state index is 0.0142. The number of benzene rings is 2. The van der Waals surface area contributed by atoms with E-state index in [1.165, 1.54) is 32.4 Å². The second-order valence-electron chi connectivity index (χ2n) is 5.67. The van der Waals surface area contributed by atoms with Crippen molar-refractivity contribution < 1.29 is 22.3 Å². The lowest BCUT2D eigenvalue weighted by Crippen LogP contribution is -2.26. The SMILES string of the molecule is COc1ccc(OC)c(S(=O)(=O)NCCc2c[nH]c3cc(F)ccc23)c1.